The molecule has 0 saturated heterocycles. The van der Waals surface area contributed by atoms with Gasteiger partial charge in [0, 0.05) is 24.8 Å². The summed E-state index contributed by atoms with van der Waals surface area (Å²) in [6.45, 7) is 27.2. The Morgan fingerprint density at radius 2 is 0.778 bits per heavy atom. The van der Waals surface area contributed by atoms with Crippen molar-refractivity contribution >= 4 is 47.3 Å². The van der Waals surface area contributed by atoms with Gasteiger partial charge in [0.15, 0.2) is 14.8 Å². The molecule has 0 spiro atoms. The second-order valence-corrected chi connectivity index (χ2v) is 24.0. The summed E-state index contributed by atoms with van der Waals surface area (Å²) in [5.41, 5.74) is 5.51. The van der Waals surface area contributed by atoms with Gasteiger partial charge in [-0.1, -0.05) is 79.7 Å². The van der Waals surface area contributed by atoms with Crippen LogP contribution in [0.3, 0.4) is 0 Å². The number of aromatic nitrogens is 4. The Morgan fingerprint density at radius 1 is 0.489 bits per heavy atom. The molecule has 0 aliphatic heterocycles. The summed E-state index contributed by atoms with van der Waals surface area (Å²) in [6, 6.07) is 20.0. The largest absolute Gasteiger partial charge is 2.00 e. The van der Waals surface area contributed by atoms with Crippen LogP contribution >= 0.6 is 22.2 Å². The second-order valence-electron chi connectivity index (χ2n) is 11.4. The summed E-state index contributed by atoms with van der Waals surface area (Å²) in [7, 11) is -4.03. The quantitative estimate of drug-likeness (QED) is 0.101. The molecule has 0 aromatic carbocycles. The molecule has 11 heteroatoms. The van der Waals surface area contributed by atoms with Crippen molar-refractivity contribution in [2.24, 2.45) is 0 Å². The van der Waals surface area contributed by atoms with E-state index in [1.165, 1.54) is 10.4 Å². The molecule has 4 aromatic rings. The average molecular weight is 763 g/mol. The molecule has 0 amide bonds. The summed E-state index contributed by atoms with van der Waals surface area (Å²) in [5.74, 6) is 0. The van der Waals surface area contributed by atoms with Crippen LogP contribution in [-0.2, 0) is 19.5 Å². The molecule has 4 rings (SSSR count). The van der Waals surface area contributed by atoms with Crippen LogP contribution in [0.15, 0.2) is 85.5 Å². The Bertz CT molecular complexity index is 1290. The number of rotatable bonds is 8. The fraction of sp³-hybridized carbons (Fsp3) is 0.353. The fourth-order valence-electron chi connectivity index (χ4n) is 5.24. The first kappa shape index (κ1) is 42.2. The van der Waals surface area contributed by atoms with E-state index in [0.717, 1.165) is 22.8 Å². The molecule has 238 valence electrons. The molecular formula is C34H42Cl2N6RuSi2. The third-order valence-electron chi connectivity index (χ3n) is 7.63. The Balaban J connectivity index is 0.000000760. The van der Waals surface area contributed by atoms with E-state index < -0.39 is 14.8 Å². The molecule has 4 heterocycles. The summed E-state index contributed by atoms with van der Waals surface area (Å²) in [6.07, 6.45) is 7.47. The van der Waals surface area contributed by atoms with E-state index in [0.29, 0.717) is 22.2 Å². The van der Waals surface area contributed by atoms with Crippen molar-refractivity contribution < 1.29 is 19.5 Å². The minimum Gasteiger partial charge on any atom is -0.512 e. The van der Waals surface area contributed by atoms with Crippen molar-refractivity contribution in [1.82, 2.24) is 19.9 Å². The number of nitrogens with zero attached hydrogens (tertiary/aromatic N) is 6. The molecule has 0 saturated carbocycles. The molecule has 0 aliphatic carbocycles. The molecular weight excluding hydrogens is 721 g/mol. The number of pyridine rings is 4. The Labute approximate surface area is 294 Å². The van der Waals surface area contributed by atoms with Crippen LogP contribution in [0, 0.1) is 23.7 Å². The third kappa shape index (κ3) is 10.6. The standard InChI is InChI=1S/2C16H21ClN2Si.2CN.Ru/c2*1-12(2)20(17,13(3)4)14-8-9-16(19-11-14)15-7-5-6-10-18-15;2*1-2;/h2*5-13H,1-4H3;;;/q;;2*-1;+2. The van der Waals surface area contributed by atoms with Gasteiger partial charge in [0.25, 0.3) is 0 Å². The maximum Gasteiger partial charge on any atom is 2.00 e. The Morgan fingerprint density at radius 3 is 0.978 bits per heavy atom. The smallest absolute Gasteiger partial charge is 0.512 e. The van der Waals surface area contributed by atoms with Crippen molar-refractivity contribution in [2.45, 2.75) is 77.6 Å². The van der Waals surface area contributed by atoms with E-state index in [9.17, 15) is 0 Å². The van der Waals surface area contributed by atoms with Gasteiger partial charge in [-0.05, 0) is 68.9 Å². The van der Waals surface area contributed by atoms with E-state index in [1.807, 2.05) is 60.9 Å². The van der Waals surface area contributed by atoms with Gasteiger partial charge in [-0.25, -0.2) is 0 Å². The molecule has 4 aromatic heterocycles. The molecule has 0 bridgehead atoms. The van der Waals surface area contributed by atoms with E-state index in [1.54, 1.807) is 12.4 Å². The average Bonchev–Trinajstić information content (AvgIpc) is 3.06. The van der Waals surface area contributed by atoms with E-state index in [-0.39, 0.29) is 19.5 Å². The van der Waals surface area contributed by atoms with Crippen LogP contribution in [0.5, 0.6) is 0 Å². The van der Waals surface area contributed by atoms with Crippen molar-refractivity contribution in [1.29, 1.82) is 10.5 Å². The van der Waals surface area contributed by atoms with Crippen LogP contribution in [0.1, 0.15) is 55.4 Å². The molecule has 0 aliphatic rings. The van der Waals surface area contributed by atoms with Crippen LogP contribution in [0.2, 0.25) is 22.2 Å². The number of hydrogen-bond acceptors (Lipinski definition) is 6. The Kier molecular flexibility index (Phi) is 19.1. The van der Waals surface area contributed by atoms with Gasteiger partial charge in [0.1, 0.15) is 0 Å². The normalized spacial score (nSPS) is 10.9. The number of halogens is 2. The predicted molar refractivity (Wildman–Crippen MR) is 188 cm³/mol. The molecule has 0 fully saturated rings. The van der Waals surface area contributed by atoms with Crippen LogP contribution in [0.4, 0.5) is 0 Å². The Hall–Kier alpha value is -2.78. The predicted octanol–water partition coefficient (Wildman–Crippen LogP) is 8.90. The van der Waals surface area contributed by atoms with Gasteiger partial charge < -0.3 is 23.7 Å². The molecule has 6 nitrogen and oxygen atoms in total. The molecule has 0 unspecified atom stereocenters. The molecule has 0 atom stereocenters. The van der Waals surface area contributed by atoms with Gasteiger partial charge in [0.2, 0.25) is 0 Å². The number of hydrogen-bond donors (Lipinski definition) is 0. The first-order valence-electron chi connectivity index (χ1n) is 14.5. The minimum absolute atomic E-state index is 0. The van der Waals surface area contributed by atoms with E-state index >= 15 is 0 Å². The fourth-order valence-corrected chi connectivity index (χ4v) is 12.4. The van der Waals surface area contributed by atoms with Gasteiger partial charge in [-0.2, -0.15) is 22.2 Å². The van der Waals surface area contributed by atoms with E-state index in [2.05, 4.69) is 87.5 Å². The van der Waals surface area contributed by atoms with Crippen molar-refractivity contribution in [2.75, 3.05) is 0 Å². The molecule has 0 radical (unpaired) electrons. The van der Waals surface area contributed by atoms with Crippen molar-refractivity contribution in [3.8, 4) is 22.8 Å². The zero-order valence-electron chi connectivity index (χ0n) is 27.2. The van der Waals surface area contributed by atoms with Crippen LogP contribution < -0.4 is 10.4 Å². The summed E-state index contributed by atoms with van der Waals surface area (Å²) in [4.78, 5) is 17.8. The van der Waals surface area contributed by atoms with Crippen LogP contribution in [-0.4, -0.2) is 34.7 Å². The summed E-state index contributed by atoms with van der Waals surface area (Å²) in [5, 5.41) is 14.9. The SMILES string of the molecule is CC(C)[Si](Cl)(c1ccc(-c2ccccn2)nc1)C(C)C.CC(C)[Si](Cl)(c1ccc(-c2ccccn2)nc1)C(C)C.[C-]#N.[C-]#N.[Ru+2]. The van der Waals surface area contributed by atoms with Gasteiger partial charge >= 0.3 is 19.5 Å². The molecule has 0 N–H and O–H groups in total. The zero-order chi connectivity index (χ0) is 33.5. The van der Waals surface area contributed by atoms with Crippen LogP contribution in [0.25, 0.3) is 22.8 Å². The van der Waals surface area contributed by atoms with Gasteiger partial charge in [-0.15, -0.1) is 0 Å². The van der Waals surface area contributed by atoms with Gasteiger partial charge in [-0.3, -0.25) is 19.9 Å². The second kappa shape index (κ2) is 20.4. The topological polar surface area (TPSA) is 99.1 Å². The third-order valence-corrected chi connectivity index (χ3v) is 23.3. The van der Waals surface area contributed by atoms with Crippen molar-refractivity contribution in [3.63, 3.8) is 0 Å². The first-order valence-corrected chi connectivity index (χ1v) is 20.8. The van der Waals surface area contributed by atoms with E-state index in [4.69, 9.17) is 45.8 Å². The zero-order valence-corrected chi connectivity index (χ0v) is 32.4. The van der Waals surface area contributed by atoms with Crippen molar-refractivity contribution in [3.05, 3.63) is 98.6 Å². The van der Waals surface area contributed by atoms with Gasteiger partial charge in [0.05, 0.1) is 22.8 Å². The maximum absolute atomic E-state index is 7.02. The molecule has 45 heavy (non-hydrogen) atoms. The summed E-state index contributed by atoms with van der Waals surface area (Å²) >= 11 is 14.0. The summed E-state index contributed by atoms with van der Waals surface area (Å²) < 4.78 is 0. The minimum atomic E-state index is -2.01. The first-order chi connectivity index (χ1) is 20.9. The maximum atomic E-state index is 7.02. The monoisotopic (exact) mass is 762 g/mol.